The molecule has 8 heteroatoms. The van der Waals surface area contributed by atoms with E-state index < -0.39 is 0 Å². The summed E-state index contributed by atoms with van der Waals surface area (Å²) in [6, 6.07) is 12.1. The quantitative estimate of drug-likeness (QED) is 0.537. The van der Waals surface area contributed by atoms with Crippen LogP contribution in [0.25, 0.3) is 10.8 Å². The Morgan fingerprint density at radius 3 is 1.18 bits per heavy atom. The molecular formula is C26H36O8. The zero-order chi connectivity index (χ0) is 23.5. The summed E-state index contributed by atoms with van der Waals surface area (Å²) in [5.41, 5.74) is 0. The van der Waals surface area contributed by atoms with Crippen molar-refractivity contribution in [2.45, 2.75) is 0 Å². The molecule has 0 radical (unpaired) electrons. The normalized spacial score (nSPS) is 20.5. The molecule has 0 atom stereocenters. The van der Waals surface area contributed by atoms with Gasteiger partial charge in [-0.25, -0.2) is 0 Å². The molecule has 3 rings (SSSR count). The van der Waals surface area contributed by atoms with Crippen LogP contribution in [0.2, 0.25) is 0 Å². The number of rotatable bonds is 0. The van der Waals surface area contributed by atoms with Gasteiger partial charge in [-0.1, -0.05) is 36.4 Å². The summed E-state index contributed by atoms with van der Waals surface area (Å²) in [4.78, 5) is 0. The number of hydrogen-bond donors (Lipinski definition) is 0. The van der Waals surface area contributed by atoms with Gasteiger partial charge in [0.25, 0.3) is 0 Å². The van der Waals surface area contributed by atoms with E-state index in [-0.39, 0.29) is 0 Å². The highest BCUT2D eigenvalue weighted by atomic mass is 16.6. The Hall–Kier alpha value is -2.20. The summed E-state index contributed by atoms with van der Waals surface area (Å²) in [7, 11) is 0. The second kappa shape index (κ2) is 17.3. The highest BCUT2D eigenvalue weighted by Crippen LogP contribution is 2.32. The van der Waals surface area contributed by atoms with E-state index in [2.05, 4.69) is 12.1 Å². The fourth-order valence-corrected chi connectivity index (χ4v) is 3.16. The van der Waals surface area contributed by atoms with Crippen molar-refractivity contribution >= 4 is 10.8 Å². The molecule has 2 aromatic carbocycles. The van der Waals surface area contributed by atoms with Crippen LogP contribution in [0.1, 0.15) is 0 Å². The predicted octanol–water partition coefficient (Wildman–Crippen LogP) is 3.27. The summed E-state index contributed by atoms with van der Waals surface area (Å²) in [6.45, 7) is 7.00. The Morgan fingerprint density at radius 1 is 0.412 bits per heavy atom. The molecule has 0 saturated carbocycles. The number of fused-ring (bicyclic) bond motifs is 2. The van der Waals surface area contributed by atoms with Crippen molar-refractivity contribution in [2.75, 3.05) is 92.5 Å². The molecule has 0 spiro atoms. The SMILES string of the molecule is C1=C\COCCOCCOCCOc2cc3ccccc3cc2OCCOCCOCCOC/1. The van der Waals surface area contributed by atoms with Crippen molar-refractivity contribution in [1.29, 1.82) is 0 Å². The molecule has 0 amide bonds. The van der Waals surface area contributed by atoms with Gasteiger partial charge in [0.1, 0.15) is 13.2 Å². The maximum absolute atomic E-state index is 5.97. The lowest BCUT2D eigenvalue weighted by Gasteiger charge is -2.15. The van der Waals surface area contributed by atoms with Crippen molar-refractivity contribution in [1.82, 2.24) is 0 Å². The number of ether oxygens (including phenoxy) is 8. The van der Waals surface area contributed by atoms with E-state index in [1.807, 2.05) is 36.4 Å². The highest BCUT2D eigenvalue weighted by molar-refractivity contribution is 5.86. The van der Waals surface area contributed by atoms with Crippen LogP contribution in [0.15, 0.2) is 48.6 Å². The molecular weight excluding hydrogens is 440 g/mol. The zero-order valence-corrected chi connectivity index (χ0v) is 19.8. The van der Waals surface area contributed by atoms with Crippen LogP contribution >= 0.6 is 0 Å². The first-order valence-corrected chi connectivity index (χ1v) is 11.8. The monoisotopic (exact) mass is 476 g/mol. The molecule has 1 heterocycles. The van der Waals surface area contributed by atoms with Crippen LogP contribution in [0.3, 0.4) is 0 Å². The van der Waals surface area contributed by atoms with Gasteiger partial charge in [-0.15, -0.1) is 0 Å². The van der Waals surface area contributed by atoms with Gasteiger partial charge in [0.15, 0.2) is 11.5 Å². The number of hydrogen-bond acceptors (Lipinski definition) is 8. The standard InChI is InChI=1S/C26H36O8/c1-2-6-24-22-26-25(21-23(24)5-1)33-19-17-31-15-13-29-11-9-27-7-3-4-8-28-10-12-30-14-16-32-18-20-34-26/h1-6,21-22H,7-20H2/b4-3-. The van der Waals surface area contributed by atoms with E-state index in [4.69, 9.17) is 37.9 Å². The highest BCUT2D eigenvalue weighted by Gasteiger charge is 2.08. The molecule has 0 aromatic heterocycles. The van der Waals surface area contributed by atoms with Gasteiger partial charge < -0.3 is 37.9 Å². The lowest BCUT2D eigenvalue weighted by atomic mass is 10.1. The Kier molecular flexibility index (Phi) is 13.4. The minimum atomic E-state index is 0.418. The fraction of sp³-hybridized carbons (Fsp3) is 0.538. The third kappa shape index (κ3) is 10.8. The first-order chi connectivity index (χ1) is 16.9. The van der Waals surface area contributed by atoms with E-state index in [1.165, 1.54) is 0 Å². The molecule has 0 bridgehead atoms. The van der Waals surface area contributed by atoms with Gasteiger partial charge in [0.05, 0.1) is 79.3 Å². The van der Waals surface area contributed by atoms with Crippen molar-refractivity contribution in [2.24, 2.45) is 0 Å². The summed E-state index contributed by atoms with van der Waals surface area (Å²) in [5, 5.41) is 2.18. The molecule has 0 aliphatic carbocycles. The average Bonchev–Trinajstić information content (AvgIpc) is 2.86. The topological polar surface area (TPSA) is 73.8 Å². The Morgan fingerprint density at radius 2 is 0.765 bits per heavy atom. The number of benzene rings is 2. The third-order valence-electron chi connectivity index (χ3n) is 4.87. The molecule has 0 fully saturated rings. The first-order valence-electron chi connectivity index (χ1n) is 11.8. The lowest BCUT2D eigenvalue weighted by Crippen LogP contribution is -2.14. The van der Waals surface area contributed by atoms with Crippen LogP contribution in [-0.2, 0) is 28.4 Å². The van der Waals surface area contributed by atoms with Crippen molar-refractivity contribution in [3.8, 4) is 11.5 Å². The Bertz CT molecular complexity index is 759. The molecule has 0 N–H and O–H groups in total. The van der Waals surface area contributed by atoms with Gasteiger partial charge in [0.2, 0.25) is 0 Å². The Balaban J connectivity index is 1.47. The molecule has 188 valence electrons. The van der Waals surface area contributed by atoms with E-state index in [0.29, 0.717) is 104 Å². The summed E-state index contributed by atoms with van der Waals surface area (Å²) >= 11 is 0. The fourth-order valence-electron chi connectivity index (χ4n) is 3.16. The smallest absolute Gasteiger partial charge is 0.161 e. The minimum absolute atomic E-state index is 0.418. The second-order valence-corrected chi connectivity index (χ2v) is 7.41. The summed E-state index contributed by atoms with van der Waals surface area (Å²) in [6.07, 6.45) is 3.87. The molecule has 1 aliphatic heterocycles. The van der Waals surface area contributed by atoms with Crippen LogP contribution < -0.4 is 9.47 Å². The van der Waals surface area contributed by atoms with Crippen LogP contribution in [0.5, 0.6) is 11.5 Å². The van der Waals surface area contributed by atoms with Gasteiger partial charge in [-0.3, -0.25) is 0 Å². The lowest BCUT2D eigenvalue weighted by molar-refractivity contribution is 0.0107. The van der Waals surface area contributed by atoms with Gasteiger partial charge >= 0.3 is 0 Å². The van der Waals surface area contributed by atoms with E-state index >= 15 is 0 Å². The average molecular weight is 477 g/mol. The van der Waals surface area contributed by atoms with Crippen LogP contribution in [0, 0.1) is 0 Å². The van der Waals surface area contributed by atoms with Crippen molar-refractivity contribution < 1.29 is 37.9 Å². The van der Waals surface area contributed by atoms with Gasteiger partial charge in [0, 0.05) is 0 Å². The van der Waals surface area contributed by atoms with E-state index in [0.717, 1.165) is 10.8 Å². The molecule has 34 heavy (non-hydrogen) atoms. The molecule has 2 aromatic rings. The summed E-state index contributed by atoms with van der Waals surface area (Å²) < 4.78 is 45.1. The van der Waals surface area contributed by atoms with E-state index in [1.54, 1.807) is 0 Å². The maximum Gasteiger partial charge on any atom is 0.161 e. The third-order valence-corrected chi connectivity index (χ3v) is 4.87. The molecule has 8 nitrogen and oxygen atoms in total. The van der Waals surface area contributed by atoms with Gasteiger partial charge in [-0.05, 0) is 22.9 Å². The molecule has 0 unspecified atom stereocenters. The molecule has 0 saturated heterocycles. The van der Waals surface area contributed by atoms with Gasteiger partial charge in [-0.2, -0.15) is 0 Å². The van der Waals surface area contributed by atoms with Crippen molar-refractivity contribution in [3.63, 3.8) is 0 Å². The summed E-state index contributed by atoms with van der Waals surface area (Å²) in [5.74, 6) is 1.38. The predicted molar refractivity (Wildman–Crippen MR) is 129 cm³/mol. The van der Waals surface area contributed by atoms with Crippen LogP contribution in [-0.4, -0.2) is 92.5 Å². The van der Waals surface area contributed by atoms with Crippen LogP contribution in [0.4, 0.5) is 0 Å². The Labute approximate surface area is 201 Å². The molecule has 1 aliphatic rings. The minimum Gasteiger partial charge on any atom is -0.487 e. The largest absolute Gasteiger partial charge is 0.487 e. The first kappa shape index (κ1) is 26.4. The second-order valence-electron chi connectivity index (χ2n) is 7.41. The zero-order valence-electron chi connectivity index (χ0n) is 19.8. The maximum atomic E-state index is 5.97. The van der Waals surface area contributed by atoms with E-state index in [9.17, 15) is 0 Å². The van der Waals surface area contributed by atoms with Crippen molar-refractivity contribution in [3.05, 3.63) is 48.6 Å².